The van der Waals surface area contributed by atoms with E-state index in [4.69, 9.17) is 4.74 Å². The van der Waals surface area contributed by atoms with E-state index >= 15 is 0 Å². The fraction of sp³-hybridized carbons (Fsp3) is 0.227. The van der Waals surface area contributed by atoms with E-state index in [1.165, 1.54) is 12.1 Å². The van der Waals surface area contributed by atoms with Crippen LogP contribution in [0.4, 0.5) is 4.39 Å². The van der Waals surface area contributed by atoms with Gasteiger partial charge in [0.2, 0.25) is 0 Å². The number of hydrogen-bond acceptors (Lipinski definition) is 3. The Morgan fingerprint density at radius 3 is 2.38 bits per heavy atom. The third-order valence-electron chi connectivity index (χ3n) is 4.29. The maximum atomic E-state index is 13.6. The van der Waals surface area contributed by atoms with Gasteiger partial charge in [-0.2, -0.15) is 0 Å². The molecular weight excluding hydrogens is 331 g/mol. The summed E-state index contributed by atoms with van der Waals surface area (Å²) < 4.78 is 18.9. The number of ether oxygens (including phenoxy) is 1. The number of hydrogen-bond donors (Lipinski definition) is 1. The van der Waals surface area contributed by atoms with E-state index in [1.807, 2.05) is 24.3 Å². The second-order valence-corrected chi connectivity index (χ2v) is 6.76. The molecule has 0 atom stereocenters. The molecule has 0 bridgehead atoms. The molecule has 3 aromatic rings. The summed E-state index contributed by atoms with van der Waals surface area (Å²) in [5.74, 6) is -0.850. The second-order valence-electron chi connectivity index (χ2n) is 6.76. The van der Waals surface area contributed by atoms with Gasteiger partial charge in [-0.25, -0.2) is 9.18 Å². The summed E-state index contributed by atoms with van der Waals surface area (Å²) in [5, 5.41) is 11.2. The number of rotatable bonds is 5. The van der Waals surface area contributed by atoms with Gasteiger partial charge >= 0.3 is 5.97 Å². The second kappa shape index (κ2) is 7.56. The average molecular weight is 352 g/mol. The Kier molecular flexibility index (Phi) is 5.21. The highest BCUT2D eigenvalue weighted by atomic mass is 19.1. The smallest absolute Gasteiger partial charge is 0.338 e. The Morgan fingerprint density at radius 2 is 1.65 bits per heavy atom. The van der Waals surface area contributed by atoms with Gasteiger partial charge in [0.05, 0.1) is 12.2 Å². The Labute approximate surface area is 152 Å². The Balaban J connectivity index is 1.83. The molecule has 0 saturated carbocycles. The van der Waals surface area contributed by atoms with Crippen LogP contribution in [0.1, 0.15) is 30.6 Å². The van der Waals surface area contributed by atoms with Crippen LogP contribution in [0.5, 0.6) is 5.75 Å². The van der Waals surface area contributed by atoms with Crippen LogP contribution in [0.2, 0.25) is 0 Å². The number of halogens is 1. The van der Waals surface area contributed by atoms with Crippen molar-refractivity contribution in [3.8, 4) is 16.9 Å². The molecule has 1 N–H and O–H groups in total. The molecule has 3 rings (SSSR count). The van der Waals surface area contributed by atoms with E-state index < -0.39 is 5.82 Å². The summed E-state index contributed by atoms with van der Waals surface area (Å²) >= 11 is 0. The SMILES string of the molecule is CC(C)CCOC(=O)c1ccc2cc(-c3ccc(O)c(F)c3)ccc2c1. The minimum absolute atomic E-state index is 0.322. The van der Waals surface area contributed by atoms with E-state index in [9.17, 15) is 14.3 Å². The Hall–Kier alpha value is -2.88. The summed E-state index contributed by atoms with van der Waals surface area (Å²) in [7, 11) is 0. The van der Waals surface area contributed by atoms with Crippen molar-refractivity contribution in [1.82, 2.24) is 0 Å². The molecular formula is C22H21FO3. The number of aromatic hydroxyl groups is 1. The average Bonchev–Trinajstić information content (AvgIpc) is 2.62. The van der Waals surface area contributed by atoms with Crippen molar-refractivity contribution in [2.75, 3.05) is 6.61 Å². The van der Waals surface area contributed by atoms with E-state index in [-0.39, 0.29) is 11.7 Å². The number of carbonyl (C=O) groups excluding carboxylic acids is 1. The standard InChI is InChI=1S/C22H21FO3/c1-14(2)9-10-26-22(25)19-6-5-15-11-16(3-4-17(15)12-19)18-7-8-21(24)20(23)13-18/h3-8,11-14,24H,9-10H2,1-2H3. The maximum absolute atomic E-state index is 13.6. The number of carbonyl (C=O) groups is 1. The first-order valence-electron chi connectivity index (χ1n) is 8.64. The first kappa shape index (κ1) is 17.9. The highest BCUT2D eigenvalue weighted by Crippen LogP contribution is 2.28. The molecule has 0 aliphatic heterocycles. The van der Waals surface area contributed by atoms with Gasteiger partial charge in [0.1, 0.15) is 0 Å². The van der Waals surface area contributed by atoms with Gasteiger partial charge in [0.25, 0.3) is 0 Å². The minimum Gasteiger partial charge on any atom is -0.505 e. The van der Waals surface area contributed by atoms with E-state index in [0.29, 0.717) is 23.7 Å². The van der Waals surface area contributed by atoms with Gasteiger partial charge < -0.3 is 9.84 Å². The van der Waals surface area contributed by atoms with Crippen LogP contribution in [-0.4, -0.2) is 17.7 Å². The van der Waals surface area contributed by atoms with Gasteiger partial charge in [-0.05, 0) is 64.6 Å². The zero-order valence-electron chi connectivity index (χ0n) is 14.8. The van der Waals surface area contributed by atoms with Crippen LogP contribution in [0.15, 0.2) is 54.6 Å². The Bertz CT molecular complexity index is 947. The number of fused-ring (bicyclic) bond motifs is 1. The van der Waals surface area contributed by atoms with E-state index in [0.717, 1.165) is 22.8 Å². The predicted octanol–water partition coefficient (Wildman–Crippen LogP) is 5.55. The molecule has 0 spiro atoms. The lowest BCUT2D eigenvalue weighted by Crippen LogP contribution is -2.08. The van der Waals surface area contributed by atoms with Crippen LogP contribution in [0.3, 0.4) is 0 Å². The van der Waals surface area contributed by atoms with E-state index in [1.54, 1.807) is 18.2 Å². The highest BCUT2D eigenvalue weighted by molar-refractivity contribution is 5.96. The predicted molar refractivity (Wildman–Crippen MR) is 101 cm³/mol. The number of benzene rings is 3. The maximum Gasteiger partial charge on any atom is 0.338 e. The number of phenols is 1. The van der Waals surface area contributed by atoms with Crippen molar-refractivity contribution in [3.63, 3.8) is 0 Å². The zero-order chi connectivity index (χ0) is 18.7. The van der Waals surface area contributed by atoms with Gasteiger partial charge in [0, 0.05) is 0 Å². The largest absolute Gasteiger partial charge is 0.505 e. The zero-order valence-corrected chi connectivity index (χ0v) is 14.8. The summed E-state index contributed by atoms with van der Waals surface area (Å²) in [4.78, 5) is 12.1. The van der Waals surface area contributed by atoms with Crippen LogP contribution in [-0.2, 0) is 4.74 Å². The molecule has 0 amide bonds. The fourth-order valence-corrected chi connectivity index (χ4v) is 2.71. The fourth-order valence-electron chi connectivity index (χ4n) is 2.71. The molecule has 26 heavy (non-hydrogen) atoms. The van der Waals surface area contributed by atoms with Crippen molar-refractivity contribution in [1.29, 1.82) is 0 Å². The topological polar surface area (TPSA) is 46.5 Å². The summed E-state index contributed by atoms with van der Waals surface area (Å²) in [6, 6.07) is 15.4. The van der Waals surface area contributed by atoms with Gasteiger partial charge in [-0.3, -0.25) is 0 Å². The summed E-state index contributed by atoms with van der Waals surface area (Å²) in [6.07, 6.45) is 0.839. The lowest BCUT2D eigenvalue weighted by molar-refractivity contribution is 0.0488. The molecule has 3 aromatic carbocycles. The van der Waals surface area contributed by atoms with E-state index in [2.05, 4.69) is 13.8 Å². The first-order chi connectivity index (χ1) is 12.4. The molecule has 0 fully saturated rings. The molecule has 0 unspecified atom stereocenters. The molecule has 0 aromatic heterocycles. The summed E-state index contributed by atoms with van der Waals surface area (Å²) in [6.45, 7) is 4.59. The van der Waals surface area contributed by atoms with Crippen LogP contribution in [0, 0.1) is 11.7 Å². The van der Waals surface area contributed by atoms with Crippen LogP contribution < -0.4 is 0 Å². The normalized spacial score (nSPS) is 11.1. The molecule has 3 nitrogen and oxygen atoms in total. The number of esters is 1. The Morgan fingerprint density at radius 1 is 1.00 bits per heavy atom. The lowest BCUT2D eigenvalue weighted by atomic mass is 10.00. The third kappa shape index (κ3) is 4.02. The molecule has 134 valence electrons. The van der Waals surface area contributed by atoms with Gasteiger partial charge in [-0.15, -0.1) is 0 Å². The quantitative estimate of drug-likeness (QED) is 0.612. The molecule has 0 heterocycles. The number of phenolic OH excluding ortho intramolecular Hbond substituents is 1. The molecule has 0 saturated heterocycles. The third-order valence-corrected chi connectivity index (χ3v) is 4.29. The van der Waals surface area contributed by atoms with Gasteiger partial charge in [-0.1, -0.05) is 38.1 Å². The lowest BCUT2D eigenvalue weighted by Gasteiger charge is -2.09. The molecule has 4 heteroatoms. The monoisotopic (exact) mass is 352 g/mol. The minimum atomic E-state index is -0.651. The summed E-state index contributed by atoms with van der Waals surface area (Å²) in [5.41, 5.74) is 2.03. The van der Waals surface area contributed by atoms with Crippen molar-refractivity contribution in [3.05, 3.63) is 66.0 Å². The first-order valence-corrected chi connectivity index (χ1v) is 8.64. The van der Waals surface area contributed by atoms with Crippen molar-refractivity contribution >= 4 is 16.7 Å². The van der Waals surface area contributed by atoms with Crippen molar-refractivity contribution in [2.24, 2.45) is 5.92 Å². The van der Waals surface area contributed by atoms with Crippen molar-refractivity contribution < 1.29 is 19.0 Å². The van der Waals surface area contributed by atoms with Crippen LogP contribution >= 0.6 is 0 Å². The van der Waals surface area contributed by atoms with Crippen molar-refractivity contribution in [2.45, 2.75) is 20.3 Å². The van der Waals surface area contributed by atoms with Gasteiger partial charge in [0.15, 0.2) is 11.6 Å². The highest BCUT2D eigenvalue weighted by Gasteiger charge is 2.10. The molecule has 0 aliphatic rings. The molecule has 0 aliphatic carbocycles. The van der Waals surface area contributed by atoms with Crippen LogP contribution in [0.25, 0.3) is 21.9 Å². The molecule has 0 radical (unpaired) electrons.